The molecule has 13 heteroatoms. The lowest BCUT2D eigenvalue weighted by atomic mass is 10.1. The smallest absolute Gasteiger partial charge is 0.415 e. The molecule has 2 N–H and O–H groups in total. The van der Waals surface area contributed by atoms with E-state index in [1.54, 1.807) is 48.6 Å². The van der Waals surface area contributed by atoms with Gasteiger partial charge in [0, 0.05) is 42.5 Å². The molecule has 0 bridgehead atoms. The number of rotatable bonds is 10. The first-order chi connectivity index (χ1) is 21.2. The molecule has 0 aliphatic carbocycles. The van der Waals surface area contributed by atoms with Gasteiger partial charge in [-0.3, -0.25) is 4.79 Å². The van der Waals surface area contributed by atoms with E-state index in [0.29, 0.717) is 46.2 Å². The zero-order valence-corrected chi connectivity index (χ0v) is 26.0. The summed E-state index contributed by atoms with van der Waals surface area (Å²) in [6, 6.07) is 12.9. The average Bonchev–Trinajstić information content (AvgIpc) is 3.37. The van der Waals surface area contributed by atoms with Crippen LogP contribution in [0.3, 0.4) is 0 Å². The number of alkyl halides is 6. The van der Waals surface area contributed by atoms with E-state index in [4.69, 9.17) is 15.2 Å². The number of methoxy groups -OCH3 is 2. The molecule has 0 saturated heterocycles. The predicted molar refractivity (Wildman–Crippen MR) is 169 cm³/mol. The lowest BCUT2D eigenvalue weighted by molar-refractivity contribution is -0.0878. The molecule has 45 heavy (non-hydrogen) atoms. The molecule has 3 aromatic rings. The van der Waals surface area contributed by atoms with Crippen molar-refractivity contribution in [3.05, 3.63) is 124 Å². The third-order valence-electron chi connectivity index (χ3n) is 6.45. The Morgan fingerprint density at radius 2 is 1.64 bits per heavy atom. The molecule has 1 aromatic heterocycles. The van der Waals surface area contributed by atoms with Gasteiger partial charge in [-0.25, -0.2) is 4.98 Å². The second-order valence-electron chi connectivity index (χ2n) is 9.51. The fourth-order valence-electron chi connectivity index (χ4n) is 4.21. The first-order valence-corrected chi connectivity index (χ1v) is 15.3. The summed E-state index contributed by atoms with van der Waals surface area (Å²) >= 11 is -0.897. The summed E-state index contributed by atoms with van der Waals surface area (Å²) in [7, 11) is 3.00. The molecule has 1 aliphatic rings. The number of allylic oxidation sites excluding steroid dienone is 7. The Kier molecular flexibility index (Phi) is 10.2. The van der Waals surface area contributed by atoms with E-state index in [1.807, 2.05) is 4.08 Å². The third-order valence-corrected chi connectivity index (χ3v) is 8.92. The van der Waals surface area contributed by atoms with Gasteiger partial charge in [0.1, 0.15) is 17.3 Å². The molecular formula is C32H26F6IN3O3. The highest BCUT2D eigenvalue weighted by molar-refractivity contribution is 14.2. The number of hydrogen-bond donors (Lipinski definition) is 1. The van der Waals surface area contributed by atoms with E-state index < -0.39 is 50.1 Å². The summed E-state index contributed by atoms with van der Waals surface area (Å²) in [6.07, 6.45) is -5.15. The van der Waals surface area contributed by atoms with Crippen LogP contribution < -0.4 is 10.5 Å². The highest BCUT2D eigenvalue weighted by atomic mass is 127. The number of aromatic nitrogens is 2. The van der Waals surface area contributed by atoms with Gasteiger partial charge in [0.2, 0.25) is 5.91 Å². The largest absolute Gasteiger partial charge is 0.497 e. The van der Waals surface area contributed by atoms with Gasteiger partial charge in [-0.15, -0.1) is 0 Å². The number of imidazole rings is 1. The number of primary amides is 1. The van der Waals surface area contributed by atoms with Crippen LogP contribution in [0.15, 0.2) is 101 Å². The molecule has 4 rings (SSSR count). The van der Waals surface area contributed by atoms with E-state index in [0.717, 1.165) is 3.51 Å². The van der Waals surface area contributed by atoms with Crippen LogP contribution in [-0.2, 0) is 11.3 Å². The molecule has 0 atom stereocenters. The summed E-state index contributed by atoms with van der Waals surface area (Å²) in [5.41, 5.74) is 5.53. The summed E-state index contributed by atoms with van der Waals surface area (Å²) in [6.45, 7) is 2.91. The van der Waals surface area contributed by atoms with Gasteiger partial charge in [-0.2, -0.15) is 26.3 Å². The van der Waals surface area contributed by atoms with Crippen LogP contribution in [0.25, 0.3) is 16.8 Å². The van der Waals surface area contributed by atoms with Crippen LogP contribution >= 0.6 is 20.7 Å². The van der Waals surface area contributed by atoms with E-state index in [-0.39, 0.29) is 24.0 Å². The molecule has 236 valence electrons. The fraction of sp³-hybridized carbons (Fsp3) is 0.156. The minimum absolute atomic E-state index is 0.0436. The van der Waals surface area contributed by atoms with Gasteiger partial charge in [-0.1, -0.05) is 45.5 Å². The molecule has 0 saturated carbocycles. The minimum atomic E-state index is -4.90. The topological polar surface area (TPSA) is 79.4 Å². The number of ether oxygens (including phenoxy) is 2. The van der Waals surface area contributed by atoms with E-state index in [1.165, 1.54) is 30.9 Å². The van der Waals surface area contributed by atoms with Crippen molar-refractivity contribution in [2.24, 2.45) is 5.73 Å². The van der Waals surface area contributed by atoms with Crippen molar-refractivity contribution in [1.82, 2.24) is 9.55 Å². The summed E-state index contributed by atoms with van der Waals surface area (Å²) < 4.78 is 96.3. The second kappa shape index (κ2) is 13.7. The quantitative estimate of drug-likeness (QED) is 0.130. The van der Waals surface area contributed by atoms with Gasteiger partial charge in [0.05, 0.1) is 25.6 Å². The maximum Gasteiger partial charge on any atom is 0.415 e. The number of carbonyl (C=O) groups is 1. The molecule has 6 nitrogen and oxygen atoms in total. The SMILES string of the molecule is C=C(/C=C\C(=C\C(F)(F)F)c1nc(-c2ccc(OC)cc2)c(C2=IC=C(OC)C=C2)n1Cc1ccc(C(N)=O)cc1)C(F)(F)F. The maximum absolute atomic E-state index is 13.9. The normalized spacial score (nSPS) is 14.1. The van der Waals surface area contributed by atoms with Crippen molar-refractivity contribution >= 4 is 35.7 Å². The van der Waals surface area contributed by atoms with Gasteiger partial charge < -0.3 is 19.8 Å². The molecule has 1 amide bonds. The zero-order valence-electron chi connectivity index (χ0n) is 23.8. The molecule has 0 spiro atoms. The van der Waals surface area contributed by atoms with Crippen molar-refractivity contribution in [3.8, 4) is 17.0 Å². The first kappa shape index (κ1) is 33.5. The van der Waals surface area contributed by atoms with E-state index >= 15 is 0 Å². The molecule has 0 radical (unpaired) electrons. The zero-order chi connectivity index (χ0) is 32.9. The van der Waals surface area contributed by atoms with Crippen LogP contribution in [0.5, 0.6) is 5.75 Å². The average molecular weight is 741 g/mol. The number of carbonyl (C=O) groups excluding carboxylic acids is 1. The molecular weight excluding hydrogens is 715 g/mol. The highest BCUT2D eigenvalue weighted by Crippen LogP contribution is 2.36. The van der Waals surface area contributed by atoms with Gasteiger partial charge in [-0.05, 0) is 60.2 Å². The monoisotopic (exact) mass is 741 g/mol. The second-order valence-corrected chi connectivity index (χ2v) is 11.9. The van der Waals surface area contributed by atoms with Gasteiger partial charge in [0.25, 0.3) is 0 Å². The molecule has 0 unspecified atom stereocenters. The highest BCUT2D eigenvalue weighted by Gasteiger charge is 2.32. The summed E-state index contributed by atoms with van der Waals surface area (Å²) in [5, 5.41) is 0. The maximum atomic E-state index is 13.9. The number of benzene rings is 2. The Morgan fingerprint density at radius 1 is 0.978 bits per heavy atom. The van der Waals surface area contributed by atoms with Crippen LogP contribution in [0.1, 0.15) is 27.4 Å². The van der Waals surface area contributed by atoms with Crippen molar-refractivity contribution in [1.29, 1.82) is 0 Å². The first-order valence-electron chi connectivity index (χ1n) is 13.0. The Labute approximate surface area is 264 Å². The van der Waals surface area contributed by atoms with E-state index in [2.05, 4.69) is 11.6 Å². The number of halogens is 7. The van der Waals surface area contributed by atoms with Gasteiger partial charge >= 0.3 is 12.4 Å². The van der Waals surface area contributed by atoms with Gasteiger partial charge in [0.15, 0.2) is 0 Å². The summed E-state index contributed by atoms with van der Waals surface area (Å²) in [5.74, 6) is 0.263. The third kappa shape index (κ3) is 8.41. The fourth-order valence-corrected chi connectivity index (χ4v) is 6.54. The molecule has 0 fully saturated rings. The molecule has 2 heterocycles. The van der Waals surface area contributed by atoms with Crippen LogP contribution in [0.4, 0.5) is 26.3 Å². The Hall–Kier alpha value is -4.40. The minimum Gasteiger partial charge on any atom is -0.497 e. The molecule has 1 aliphatic heterocycles. The van der Waals surface area contributed by atoms with Crippen molar-refractivity contribution in [3.63, 3.8) is 0 Å². The predicted octanol–water partition coefficient (Wildman–Crippen LogP) is 7.88. The Balaban J connectivity index is 2.05. The molecule has 2 aromatic carbocycles. The van der Waals surface area contributed by atoms with E-state index in [9.17, 15) is 31.1 Å². The lowest BCUT2D eigenvalue weighted by Crippen LogP contribution is -2.14. The van der Waals surface area contributed by atoms with Crippen LogP contribution in [0, 0.1) is 0 Å². The Morgan fingerprint density at radius 3 is 2.16 bits per heavy atom. The standard InChI is InChI=1S/C32H26F6IN3O3/c1-19(32(36,37)38)4-7-23(16-31(33,34)35)30-41-27(21-10-12-24(44-2)13-11-21)28(26-15-14-25(45-3)17-39-26)42(30)18-20-5-8-22(9-6-20)29(40)43/h4-17H,1,18H2,2-3H3,(H2,40,43)/b7-4-,23-16-. The number of amides is 1. The van der Waals surface area contributed by atoms with Crippen molar-refractivity contribution in [2.45, 2.75) is 18.9 Å². The lowest BCUT2D eigenvalue weighted by Gasteiger charge is -2.16. The van der Waals surface area contributed by atoms with Crippen LogP contribution in [-0.4, -0.2) is 45.5 Å². The van der Waals surface area contributed by atoms with Crippen LogP contribution in [0.2, 0.25) is 0 Å². The number of nitrogens with two attached hydrogens (primary N) is 1. The number of nitrogens with zero attached hydrogens (tertiary/aromatic N) is 2. The van der Waals surface area contributed by atoms with Crippen molar-refractivity contribution < 1.29 is 40.6 Å². The number of hydrogen-bond acceptors (Lipinski definition) is 4. The summed E-state index contributed by atoms with van der Waals surface area (Å²) in [4.78, 5) is 16.3. The Bertz CT molecular complexity index is 1740. The van der Waals surface area contributed by atoms with Crippen molar-refractivity contribution in [2.75, 3.05) is 14.2 Å².